The summed E-state index contributed by atoms with van der Waals surface area (Å²) < 4.78 is 29.7. The van der Waals surface area contributed by atoms with Crippen LogP contribution in [-0.4, -0.2) is 43.9 Å². The zero-order valence-electron chi connectivity index (χ0n) is 26.1. The Bertz CT molecular complexity index is 1750. The Morgan fingerprint density at radius 1 is 1.05 bits per heavy atom. The Hall–Kier alpha value is -4.38. The van der Waals surface area contributed by atoms with Crippen LogP contribution in [0.2, 0.25) is 0 Å². The molecule has 1 aliphatic heterocycles. The number of ether oxygens (including phenoxy) is 5. The maximum atomic E-state index is 14.1. The van der Waals surface area contributed by atoms with Gasteiger partial charge in [-0.25, -0.2) is 9.79 Å². The van der Waals surface area contributed by atoms with Crippen molar-refractivity contribution >= 4 is 29.4 Å². The van der Waals surface area contributed by atoms with Crippen LogP contribution in [0.15, 0.2) is 57.5 Å². The maximum Gasteiger partial charge on any atom is 0.338 e. The molecule has 1 aliphatic rings. The lowest BCUT2D eigenvalue weighted by Crippen LogP contribution is -2.40. The minimum Gasteiger partial charge on any atom is -0.493 e. The van der Waals surface area contributed by atoms with Crippen LogP contribution in [-0.2, 0) is 14.3 Å². The number of methoxy groups -OCH3 is 2. The Kier molecular flexibility index (Phi) is 10.6. The summed E-state index contributed by atoms with van der Waals surface area (Å²) in [5.41, 5.74) is 1.65. The van der Waals surface area contributed by atoms with Crippen molar-refractivity contribution in [3.05, 3.63) is 78.5 Å². The van der Waals surface area contributed by atoms with Gasteiger partial charge in [-0.2, -0.15) is 0 Å². The summed E-state index contributed by atoms with van der Waals surface area (Å²) >= 11 is 1.22. The molecule has 4 rings (SSSR count). The summed E-state index contributed by atoms with van der Waals surface area (Å²) in [5, 5.41) is 0. The van der Waals surface area contributed by atoms with E-state index in [2.05, 4.69) is 11.9 Å². The zero-order valence-corrected chi connectivity index (χ0v) is 26.9. The van der Waals surface area contributed by atoms with Crippen LogP contribution < -0.4 is 33.8 Å². The van der Waals surface area contributed by atoms with E-state index < -0.39 is 18.0 Å². The first-order valence-electron chi connectivity index (χ1n) is 14.4. The second kappa shape index (κ2) is 14.4. The van der Waals surface area contributed by atoms with E-state index in [-0.39, 0.29) is 35.2 Å². The smallest absolute Gasteiger partial charge is 0.338 e. The van der Waals surface area contributed by atoms with Crippen LogP contribution in [0.1, 0.15) is 64.6 Å². The summed E-state index contributed by atoms with van der Waals surface area (Å²) in [6.07, 6.45) is 3.71. The first-order valence-corrected chi connectivity index (χ1v) is 15.3. The van der Waals surface area contributed by atoms with Gasteiger partial charge < -0.3 is 23.7 Å². The molecule has 1 aromatic heterocycles. The lowest BCUT2D eigenvalue weighted by atomic mass is 9.95. The number of rotatable bonds is 12. The van der Waals surface area contributed by atoms with Crippen molar-refractivity contribution in [2.75, 3.05) is 27.4 Å². The molecular weight excluding hydrogens is 584 g/mol. The summed E-state index contributed by atoms with van der Waals surface area (Å²) in [6, 6.07) is 9.55. The van der Waals surface area contributed by atoms with E-state index in [1.54, 1.807) is 38.3 Å². The topological polar surface area (TPSA) is 115 Å². The van der Waals surface area contributed by atoms with Gasteiger partial charge in [0.1, 0.15) is 0 Å². The van der Waals surface area contributed by atoms with E-state index in [1.165, 1.54) is 29.9 Å². The molecule has 2 aromatic carbocycles. The highest BCUT2D eigenvalue weighted by Crippen LogP contribution is 2.36. The predicted octanol–water partition coefficient (Wildman–Crippen LogP) is 4.56. The molecule has 10 nitrogen and oxygen atoms in total. The normalized spacial score (nSPS) is 14.6. The van der Waals surface area contributed by atoms with E-state index >= 15 is 0 Å². The van der Waals surface area contributed by atoms with Gasteiger partial charge >= 0.3 is 11.9 Å². The van der Waals surface area contributed by atoms with Crippen molar-refractivity contribution in [1.29, 1.82) is 0 Å². The molecule has 0 N–H and O–H groups in total. The molecule has 3 aromatic rings. The third kappa shape index (κ3) is 7.21. The third-order valence-corrected chi connectivity index (χ3v) is 7.77. The molecule has 0 saturated carbocycles. The van der Waals surface area contributed by atoms with Crippen molar-refractivity contribution < 1.29 is 33.3 Å². The molecule has 0 unspecified atom stereocenters. The quantitative estimate of drug-likeness (QED) is 0.164. The Labute approximate surface area is 260 Å². The molecule has 0 saturated heterocycles. The number of fused-ring (bicyclic) bond motifs is 1. The SMILES string of the molecule is CCCCOc1ccc(/C=c2/sc3n(c2=O)[C@@H](c2ccc(OC(C)=O)c(OC)c2)C(C(=O)OCC(C)C)=C(C)N=3)cc1OC. The molecule has 0 amide bonds. The van der Waals surface area contributed by atoms with Crippen LogP contribution >= 0.6 is 11.3 Å². The molecular formula is C33H38N2O8S. The van der Waals surface area contributed by atoms with E-state index in [4.69, 9.17) is 23.7 Å². The number of carbonyl (C=O) groups is 2. The monoisotopic (exact) mass is 622 g/mol. The number of esters is 2. The van der Waals surface area contributed by atoms with E-state index in [0.29, 0.717) is 38.7 Å². The molecule has 0 radical (unpaired) electrons. The molecule has 0 fully saturated rings. The van der Waals surface area contributed by atoms with Gasteiger partial charge in [-0.1, -0.05) is 50.7 Å². The van der Waals surface area contributed by atoms with Gasteiger partial charge in [0.05, 0.1) is 49.3 Å². The Morgan fingerprint density at radius 3 is 2.41 bits per heavy atom. The van der Waals surface area contributed by atoms with Crippen LogP contribution in [0, 0.1) is 5.92 Å². The summed E-state index contributed by atoms with van der Waals surface area (Å²) in [6.45, 7) is 9.79. The van der Waals surface area contributed by atoms with Crippen molar-refractivity contribution in [3.8, 4) is 23.0 Å². The van der Waals surface area contributed by atoms with Crippen LogP contribution in [0.3, 0.4) is 0 Å². The molecule has 0 spiro atoms. The van der Waals surface area contributed by atoms with Gasteiger partial charge in [-0.15, -0.1) is 0 Å². The highest BCUT2D eigenvalue weighted by Gasteiger charge is 2.34. The fraction of sp³-hybridized carbons (Fsp3) is 0.394. The number of nitrogens with zero attached hydrogens (tertiary/aromatic N) is 2. The van der Waals surface area contributed by atoms with E-state index in [0.717, 1.165) is 18.4 Å². The number of aromatic nitrogens is 1. The van der Waals surface area contributed by atoms with Gasteiger partial charge in [0.25, 0.3) is 5.56 Å². The standard InChI is InChI=1S/C33H38N2O8S/c1-8-9-14-41-24-12-10-22(15-26(24)39-6)16-28-31(37)35-30(23-11-13-25(43-21(5)36)27(17-23)40-7)29(20(4)34-33(35)44-28)32(38)42-18-19(2)3/h10-13,15-17,19,30H,8-9,14,18H2,1-7H3/b28-16+/t30-/m0/s1. The van der Waals surface area contributed by atoms with Crippen LogP contribution in [0.5, 0.6) is 23.0 Å². The summed E-state index contributed by atoms with van der Waals surface area (Å²) in [7, 11) is 3.02. The second-order valence-electron chi connectivity index (χ2n) is 10.7. The first kappa shape index (κ1) is 32.5. The molecule has 44 heavy (non-hydrogen) atoms. The Balaban J connectivity index is 1.86. The van der Waals surface area contributed by atoms with Crippen LogP contribution in [0.4, 0.5) is 0 Å². The van der Waals surface area contributed by atoms with Crippen molar-refractivity contribution in [3.63, 3.8) is 0 Å². The number of hydrogen-bond donors (Lipinski definition) is 0. The van der Waals surface area contributed by atoms with E-state index in [1.807, 2.05) is 32.0 Å². The lowest BCUT2D eigenvalue weighted by Gasteiger charge is -2.25. The molecule has 0 aliphatic carbocycles. The lowest BCUT2D eigenvalue weighted by molar-refractivity contribution is -0.140. The number of unbranched alkanes of at least 4 members (excludes halogenated alkanes) is 1. The maximum absolute atomic E-state index is 14.1. The zero-order chi connectivity index (χ0) is 32.0. The largest absolute Gasteiger partial charge is 0.493 e. The molecule has 11 heteroatoms. The van der Waals surface area contributed by atoms with Gasteiger partial charge in [-0.3, -0.25) is 14.2 Å². The minimum atomic E-state index is -0.864. The number of carbonyl (C=O) groups excluding carboxylic acids is 2. The van der Waals surface area contributed by atoms with Crippen molar-refractivity contribution in [1.82, 2.24) is 4.57 Å². The van der Waals surface area contributed by atoms with Gasteiger partial charge in [0.15, 0.2) is 27.8 Å². The number of benzene rings is 2. The number of hydrogen-bond acceptors (Lipinski definition) is 10. The summed E-state index contributed by atoms with van der Waals surface area (Å²) in [4.78, 5) is 44.3. The third-order valence-electron chi connectivity index (χ3n) is 6.79. The Morgan fingerprint density at radius 2 is 1.75 bits per heavy atom. The van der Waals surface area contributed by atoms with Crippen LogP contribution in [0.25, 0.3) is 6.08 Å². The van der Waals surface area contributed by atoms with Gasteiger partial charge in [0.2, 0.25) is 0 Å². The fourth-order valence-corrected chi connectivity index (χ4v) is 5.73. The predicted molar refractivity (Wildman–Crippen MR) is 167 cm³/mol. The second-order valence-corrected chi connectivity index (χ2v) is 11.7. The highest BCUT2D eigenvalue weighted by molar-refractivity contribution is 7.07. The number of thiazole rings is 1. The minimum absolute atomic E-state index is 0.114. The number of allylic oxidation sites excluding steroid dienone is 1. The molecule has 2 heterocycles. The average Bonchev–Trinajstić information content (AvgIpc) is 3.29. The van der Waals surface area contributed by atoms with Gasteiger partial charge in [0, 0.05) is 6.92 Å². The molecule has 234 valence electrons. The van der Waals surface area contributed by atoms with E-state index in [9.17, 15) is 14.4 Å². The fourth-order valence-electron chi connectivity index (χ4n) is 4.68. The van der Waals surface area contributed by atoms with Crippen molar-refractivity contribution in [2.45, 2.75) is 53.5 Å². The molecule has 0 bridgehead atoms. The summed E-state index contributed by atoms with van der Waals surface area (Å²) in [5.74, 6) is 0.732. The van der Waals surface area contributed by atoms with Crippen molar-refractivity contribution in [2.24, 2.45) is 10.9 Å². The van der Waals surface area contributed by atoms with Gasteiger partial charge in [-0.05, 0) is 60.7 Å². The highest BCUT2D eigenvalue weighted by atomic mass is 32.1. The first-order chi connectivity index (χ1) is 21.1. The average molecular weight is 623 g/mol. The molecule has 1 atom stereocenters.